The topological polar surface area (TPSA) is 69.5 Å². The number of carbonyl (C=O) groups is 1. The molecule has 0 unspecified atom stereocenters. The molecule has 1 amide bonds. The molecule has 0 heterocycles. The number of nitrogens with one attached hydrogen (secondary N) is 1. The summed E-state index contributed by atoms with van der Waals surface area (Å²) in [5.74, 6) is -1.53. The summed E-state index contributed by atoms with van der Waals surface area (Å²) in [6, 6.07) is 11.2. The molecule has 24 heavy (non-hydrogen) atoms. The Balaban J connectivity index is 2.01. The van der Waals surface area contributed by atoms with Gasteiger partial charge in [-0.15, -0.1) is 0 Å². The number of nitrogens with two attached hydrogens (primary N) is 1. The van der Waals surface area contributed by atoms with Crippen LogP contribution in [0.2, 0.25) is 0 Å². The molecule has 0 saturated carbocycles. The SMILES string of the molecule is C[C@H]([NH2+][C@@H](C)c1ccc(F)cc1F)C(=O)Nc1cccc(C#N)c1. The van der Waals surface area contributed by atoms with E-state index in [1.807, 2.05) is 6.07 Å². The number of amides is 1. The average Bonchev–Trinajstić information content (AvgIpc) is 2.54. The minimum atomic E-state index is -0.633. The Morgan fingerprint density at radius 2 is 1.96 bits per heavy atom. The predicted octanol–water partition coefficient (Wildman–Crippen LogP) is 2.49. The van der Waals surface area contributed by atoms with E-state index in [9.17, 15) is 13.6 Å². The normalized spacial score (nSPS) is 13.0. The summed E-state index contributed by atoms with van der Waals surface area (Å²) in [5, 5.41) is 13.3. The van der Waals surface area contributed by atoms with Gasteiger partial charge in [-0.05, 0) is 44.2 Å². The van der Waals surface area contributed by atoms with E-state index >= 15 is 0 Å². The van der Waals surface area contributed by atoms with E-state index in [0.29, 0.717) is 16.8 Å². The van der Waals surface area contributed by atoms with E-state index in [1.165, 1.54) is 12.1 Å². The third-order valence-electron chi connectivity index (χ3n) is 3.70. The largest absolute Gasteiger partial charge is 0.330 e. The van der Waals surface area contributed by atoms with Crippen molar-refractivity contribution in [1.29, 1.82) is 5.26 Å². The number of nitrogens with zero attached hydrogens (tertiary/aromatic N) is 1. The zero-order valence-electron chi connectivity index (χ0n) is 13.4. The number of hydrogen-bond donors (Lipinski definition) is 2. The number of quaternary nitrogens is 1. The van der Waals surface area contributed by atoms with Crippen LogP contribution in [0.15, 0.2) is 42.5 Å². The van der Waals surface area contributed by atoms with Gasteiger partial charge in [-0.2, -0.15) is 5.26 Å². The average molecular weight is 330 g/mol. The Morgan fingerprint density at radius 3 is 2.62 bits per heavy atom. The number of halogens is 2. The van der Waals surface area contributed by atoms with Crippen LogP contribution in [-0.4, -0.2) is 11.9 Å². The van der Waals surface area contributed by atoms with Crippen LogP contribution in [0.3, 0.4) is 0 Å². The van der Waals surface area contributed by atoms with Gasteiger partial charge in [0.1, 0.15) is 17.7 Å². The molecule has 0 aliphatic rings. The van der Waals surface area contributed by atoms with Gasteiger partial charge >= 0.3 is 0 Å². The maximum Gasteiger partial charge on any atom is 0.282 e. The lowest BCUT2D eigenvalue weighted by molar-refractivity contribution is -0.710. The number of carbonyl (C=O) groups excluding carboxylic acids is 1. The van der Waals surface area contributed by atoms with Crippen LogP contribution < -0.4 is 10.6 Å². The summed E-state index contributed by atoms with van der Waals surface area (Å²) in [6.07, 6.45) is 0. The molecule has 2 aromatic carbocycles. The fraction of sp³-hybridized carbons (Fsp3) is 0.222. The van der Waals surface area contributed by atoms with Crippen molar-refractivity contribution in [2.45, 2.75) is 25.9 Å². The molecule has 0 radical (unpaired) electrons. The number of hydrogen-bond acceptors (Lipinski definition) is 2. The van der Waals surface area contributed by atoms with Crippen LogP contribution in [0.5, 0.6) is 0 Å². The first-order valence-electron chi connectivity index (χ1n) is 7.51. The standard InChI is InChI=1S/C18H17F2N3O/c1-11(16-7-6-14(19)9-17(16)20)22-12(2)18(24)23-15-5-3-4-13(8-15)10-21/h3-9,11-12,22H,1-2H3,(H,23,24)/p+1/t11-,12-/m0/s1. The molecule has 0 aliphatic carbocycles. The summed E-state index contributed by atoms with van der Waals surface area (Å²) in [4.78, 5) is 12.2. The number of nitriles is 1. The van der Waals surface area contributed by atoms with Crippen molar-refractivity contribution in [3.8, 4) is 6.07 Å². The maximum absolute atomic E-state index is 13.8. The molecular formula is C18H18F2N3O+. The molecule has 0 aliphatic heterocycles. The highest BCUT2D eigenvalue weighted by Gasteiger charge is 2.22. The molecular weight excluding hydrogens is 312 g/mol. The zero-order chi connectivity index (χ0) is 17.7. The molecule has 4 nitrogen and oxygen atoms in total. The molecule has 3 N–H and O–H groups in total. The summed E-state index contributed by atoms with van der Waals surface area (Å²) < 4.78 is 26.8. The monoisotopic (exact) mass is 330 g/mol. The highest BCUT2D eigenvalue weighted by molar-refractivity contribution is 5.93. The molecule has 2 rings (SSSR count). The fourth-order valence-electron chi connectivity index (χ4n) is 2.42. The van der Waals surface area contributed by atoms with Gasteiger partial charge in [0.05, 0.1) is 11.6 Å². The molecule has 0 aromatic heterocycles. The molecule has 0 fully saturated rings. The molecule has 124 valence electrons. The van der Waals surface area contributed by atoms with E-state index in [1.54, 1.807) is 43.4 Å². The number of anilines is 1. The van der Waals surface area contributed by atoms with Gasteiger partial charge in [0.25, 0.3) is 5.91 Å². The number of rotatable bonds is 5. The Labute approximate surface area is 139 Å². The highest BCUT2D eigenvalue weighted by atomic mass is 19.1. The lowest BCUT2D eigenvalue weighted by Gasteiger charge is -2.17. The van der Waals surface area contributed by atoms with E-state index in [0.717, 1.165) is 6.07 Å². The Bertz CT molecular complexity index is 786. The predicted molar refractivity (Wildman–Crippen MR) is 85.9 cm³/mol. The van der Waals surface area contributed by atoms with Crippen molar-refractivity contribution < 1.29 is 18.9 Å². The van der Waals surface area contributed by atoms with Crippen molar-refractivity contribution in [3.05, 3.63) is 65.2 Å². The Kier molecular flexibility index (Phi) is 5.61. The Morgan fingerprint density at radius 1 is 1.21 bits per heavy atom. The highest BCUT2D eigenvalue weighted by Crippen LogP contribution is 2.15. The van der Waals surface area contributed by atoms with Crippen LogP contribution in [-0.2, 0) is 4.79 Å². The summed E-state index contributed by atoms with van der Waals surface area (Å²) in [5.41, 5.74) is 1.31. The number of benzene rings is 2. The fourth-order valence-corrected chi connectivity index (χ4v) is 2.42. The molecule has 0 bridgehead atoms. The second-order valence-corrected chi connectivity index (χ2v) is 5.62. The second-order valence-electron chi connectivity index (χ2n) is 5.62. The third kappa shape index (κ3) is 4.37. The van der Waals surface area contributed by atoms with E-state index in [-0.39, 0.29) is 11.9 Å². The van der Waals surface area contributed by atoms with Crippen molar-refractivity contribution in [2.24, 2.45) is 0 Å². The van der Waals surface area contributed by atoms with Crippen molar-refractivity contribution in [1.82, 2.24) is 0 Å². The molecule has 2 atom stereocenters. The van der Waals surface area contributed by atoms with Crippen LogP contribution in [0.1, 0.15) is 31.0 Å². The molecule has 6 heteroatoms. The van der Waals surface area contributed by atoms with E-state index in [4.69, 9.17) is 5.26 Å². The second kappa shape index (κ2) is 7.66. The van der Waals surface area contributed by atoms with Crippen molar-refractivity contribution in [2.75, 3.05) is 5.32 Å². The summed E-state index contributed by atoms with van der Waals surface area (Å²) in [6.45, 7) is 3.44. The first-order valence-corrected chi connectivity index (χ1v) is 7.51. The third-order valence-corrected chi connectivity index (χ3v) is 3.70. The lowest BCUT2D eigenvalue weighted by atomic mass is 10.1. The Hall–Kier alpha value is -2.78. The van der Waals surface area contributed by atoms with Crippen molar-refractivity contribution >= 4 is 11.6 Å². The first-order chi connectivity index (χ1) is 11.4. The van der Waals surface area contributed by atoms with Gasteiger partial charge in [0, 0.05) is 17.3 Å². The van der Waals surface area contributed by atoms with Crippen LogP contribution in [0, 0.1) is 23.0 Å². The van der Waals surface area contributed by atoms with Gasteiger partial charge in [-0.1, -0.05) is 6.07 Å². The van der Waals surface area contributed by atoms with Gasteiger partial charge in [-0.25, -0.2) is 8.78 Å². The van der Waals surface area contributed by atoms with Crippen molar-refractivity contribution in [3.63, 3.8) is 0 Å². The van der Waals surface area contributed by atoms with Crippen LogP contribution in [0.4, 0.5) is 14.5 Å². The zero-order valence-corrected chi connectivity index (χ0v) is 13.4. The van der Waals surface area contributed by atoms with Gasteiger partial charge in [-0.3, -0.25) is 4.79 Å². The molecule has 2 aromatic rings. The van der Waals surface area contributed by atoms with E-state index < -0.39 is 17.7 Å². The maximum atomic E-state index is 13.8. The summed E-state index contributed by atoms with van der Waals surface area (Å²) in [7, 11) is 0. The molecule has 0 spiro atoms. The van der Waals surface area contributed by atoms with E-state index in [2.05, 4.69) is 5.32 Å². The molecule has 0 saturated heterocycles. The van der Waals surface area contributed by atoms with Crippen LogP contribution in [0.25, 0.3) is 0 Å². The van der Waals surface area contributed by atoms with Crippen LogP contribution >= 0.6 is 0 Å². The lowest BCUT2D eigenvalue weighted by Crippen LogP contribution is -2.91. The van der Waals surface area contributed by atoms with Gasteiger partial charge in [0.2, 0.25) is 0 Å². The van der Waals surface area contributed by atoms with Gasteiger partial charge in [0.15, 0.2) is 6.04 Å². The minimum absolute atomic E-state index is 0.264. The smallest absolute Gasteiger partial charge is 0.282 e. The van der Waals surface area contributed by atoms with Gasteiger partial charge < -0.3 is 10.6 Å². The minimum Gasteiger partial charge on any atom is -0.330 e. The first kappa shape index (κ1) is 17.6. The quantitative estimate of drug-likeness (QED) is 0.884. The summed E-state index contributed by atoms with van der Waals surface area (Å²) >= 11 is 0.